The van der Waals surface area contributed by atoms with E-state index in [1.165, 1.54) is 6.07 Å². The number of ether oxygens (including phenoxy) is 1. The van der Waals surface area contributed by atoms with Crippen LogP contribution < -0.4 is 10.6 Å². The number of nitrogens with one attached hydrogen (secondary N) is 2. The van der Waals surface area contributed by atoms with Gasteiger partial charge in [-0.3, -0.25) is 10.2 Å². The van der Waals surface area contributed by atoms with Crippen LogP contribution in [0.5, 0.6) is 0 Å². The van der Waals surface area contributed by atoms with Gasteiger partial charge in [0, 0.05) is 56.2 Å². The summed E-state index contributed by atoms with van der Waals surface area (Å²) in [5.74, 6) is -0.907. The number of para-hydroxylation sites is 1. The smallest absolute Gasteiger partial charge is 0.320 e. The monoisotopic (exact) mass is 547 g/mol. The molecular formula is C29H31F2N7O2. The third-order valence-corrected chi connectivity index (χ3v) is 7.10. The maximum Gasteiger partial charge on any atom is 0.320 e. The molecule has 2 atom stereocenters. The highest BCUT2D eigenvalue weighted by Crippen LogP contribution is 2.31. The van der Waals surface area contributed by atoms with E-state index in [9.17, 15) is 13.6 Å². The van der Waals surface area contributed by atoms with E-state index in [1.807, 2.05) is 44.2 Å². The number of hydrogen-bond donors (Lipinski definition) is 2. The van der Waals surface area contributed by atoms with Gasteiger partial charge in [-0.15, -0.1) is 0 Å². The first-order chi connectivity index (χ1) is 19.3. The molecule has 9 nitrogen and oxygen atoms in total. The van der Waals surface area contributed by atoms with Crippen molar-refractivity contribution in [2.75, 3.05) is 38.7 Å². The number of benzene rings is 2. The van der Waals surface area contributed by atoms with Crippen LogP contribution >= 0.6 is 0 Å². The molecule has 0 bridgehead atoms. The Morgan fingerprint density at radius 2 is 1.80 bits per heavy atom. The fraction of sp³-hybridized carbons (Fsp3) is 0.310. The molecule has 11 heteroatoms. The molecule has 0 saturated carbocycles. The highest BCUT2D eigenvalue weighted by Gasteiger charge is 2.35. The highest BCUT2D eigenvalue weighted by molar-refractivity contribution is 5.91. The summed E-state index contributed by atoms with van der Waals surface area (Å²) in [6, 6.07) is 12.6. The van der Waals surface area contributed by atoms with Gasteiger partial charge < -0.3 is 10.1 Å². The Kier molecular flexibility index (Phi) is 8.13. The number of nitrogens with zero attached hydrogens (tertiary/aromatic N) is 5. The van der Waals surface area contributed by atoms with E-state index < -0.39 is 17.7 Å². The average Bonchev–Trinajstić information content (AvgIpc) is 3.50. The largest absolute Gasteiger partial charge is 0.383 e. The van der Waals surface area contributed by atoms with Crippen molar-refractivity contribution in [2.45, 2.75) is 25.8 Å². The van der Waals surface area contributed by atoms with Crippen LogP contribution in [0, 0.1) is 25.5 Å². The number of aryl methyl sites for hydroxylation is 1. The summed E-state index contributed by atoms with van der Waals surface area (Å²) in [4.78, 5) is 24.2. The molecule has 4 aromatic rings. The summed E-state index contributed by atoms with van der Waals surface area (Å²) in [5.41, 5.74) is 3.51. The van der Waals surface area contributed by atoms with Gasteiger partial charge in [-0.25, -0.2) is 28.2 Å². The van der Waals surface area contributed by atoms with Gasteiger partial charge in [0.2, 0.25) is 0 Å². The normalized spacial score (nSPS) is 17.2. The van der Waals surface area contributed by atoms with Gasteiger partial charge in [0.25, 0.3) is 0 Å². The number of likely N-dealkylation sites (tertiary alicyclic amines) is 1. The topological polar surface area (TPSA) is 97.2 Å². The van der Waals surface area contributed by atoms with E-state index in [2.05, 4.69) is 25.5 Å². The van der Waals surface area contributed by atoms with Crippen LogP contribution in [-0.4, -0.2) is 70.1 Å². The summed E-state index contributed by atoms with van der Waals surface area (Å²) >= 11 is 0. The van der Waals surface area contributed by atoms with Gasteiger partial charge in [0.05, 0.1) is 18.3 Å². The van der Waals surface area contributed by atoms with Crippen molar-refractivity contribution in [1.82, 2.24) is 30.0 Å². The lowest BCUT2D eigenvalue weighted by Gasteiger charge is -2.21. The molecule has 1 saturated heterocycles. The lowest BCUT2D eigenvalue weighted by molar-refractivity contribution is 0.159. The second-order valence-corrected chi connectivity index (χ2v) is 9.83. The lowest BCUT2D eigenvalue weighted by atomic mass is 9.94. The van der Waals surface area contributed by atoms with Crippen LogP contribution in [0.25, 0.3) is 16.9 Å². The third-order valence-electron chi connectivity index (χ3n) is 7.10. The molecule has 2 aromatic carbocycles. The van der Waals surface area contributed by atoms with E-state index in [0.717, 1.165) is 22.9 Å². The first-order valence-corrected chi connectivity index (χ1v) is 13.0. The number of hydrogen-bond acceptors (Lipinski definition) is 6. The van der Waals surface area contributed by atoms with Gasteiger partial charge >= 0.3 is 6.03 Å². The number of amides is 2. The quantitative estimate of drug-likeness (QED) is 0.338. The number of urea groups is 1. The first-order valence-electron chi connectivity index (χ1n) is 13.0. The molecule has 2 aromatic heterocycles. The van der Waals surface area contributed by atoms with Gasteiger partial charge in [0.15, 0.2) is 11.6 Å². The summed E-state index contributed by atoms with van der Waals surface area (Å²) in [6.45, 7) is 5.96. The minimum atomic E-state index is -0.911. The van der Waals surface area contributed by atoms with Crippen molar-refractivity contribution in [3.05, 3.63) is 89.5 Å². The second-order valence-electron chi connectivity index (χ2n) is 9.83. The van der Waals surface area contributed by atoms with Crippen molar-refractivity contribution in [3.63, 3.8) is 0 Å². The van der Waals surface area contributed by atoms with Crippen LogP contribution in [0.1, 0.15) is 22.9 Å². The molecule has 40 heavy (non-hydrogen) atoms. The predicted octanol–water partition coefficient (Wildman–Crippen LogP) is 4.46. The first kappa shape index (κ1) is 27.4. The molecule has 1 aliphatic rings. The fourth-order valence-corrected chi connectivity index (χ4v) is 5.02. The molecule has 2 unspecified atom stereocenters. The Labute approximate surface area is 231 Å². The summed E-state index contributed by atoms with van der Waals surface area (Å²) in [6.07, 6.45) is 3.41. The number of rotatable bonds is 8. The van der Waals surface area contributed by atoms with Crippen LogP contribution in [0.15, 0.2) is 60.9 Å². The third kappa shape index (κ3) is 5.85. The molecule has 5 rings (SSSR count). The van der Waals surface area contributed by atoms with Gasteiger partial charge in [-0.05, 0) is 43.7 Å². The van der Waals surface area contributed by atoms with Gasteiger partial charge in [-0.1, -0.05) is 24.3 Å². The van der Waals surface area contributed by atoms with E-state index in [4.69, 9.17) is 9.84 Å². The van der Waals surface area contributed by atoms with Gasteiger partial charge in [0.1, 0.15) is 17.3 Å². The van der Waals surface area contributed by atoms with Crippen molar-refractivity contribution >= 4 is 11.8 Å². The van der Waals surface area contributed by atoms with Crippen molar-refractivity contribution in [2.24, 2.45) is 0 Å². The zero-order valence-corrected chi connectivity index (χ0v) is 22.6. The number of halogens is 2. The Hall–Kier alpha value is -4.22. The maximum atomic E-state index is 14.1. The minimum Gasteiger partial charge on any atom is -0.383 e. The number of carbonyl (C=O) groups is 1. The van der Waals surface area contributed by atoms with Crippen LogP contribution in [-0.2, 0) is 4.74 Å². The summed E-state index contributed by atoms with van der Waals surface area (Å²) < 4.78 is 34.6. The van der Waals surface area contributed by atoms with Crippen LogP contribution in [0.3, 0.4) is 0 Å². The van der Waals surface area contributed by atoms with E-state index >= 15 is 0 Å². The van der Waals surface area contributed by atoms with Crippen molar-refractivity contribution in [3.8, 4) is 16.9 Å². The predicted molar refractivity (Wildman–Crippen MR) is 147 cm³/mol. The summed E-state index contributed by atoms with van der Waals surface area (Å²) in [7, 11) is 1.63. The summed E-state index contributed by atoms with van der Waals surface area (Å²) in [5, 5.41) is 10.8. The second kappa shape index (κ2) is 11.9. The molecular weight excluding hydrogens is 516 g/mol. The Morgan fingerprint density at radius 1 is 1.05 bits per heavy atom. The standard InChI is InChI=1S/C29H31F2N7O2/c1-18-27(21-14-32-19(2)33-15-21)36-38(22-7-5-4-6-8-22)28(18)35-29(39)34-26-17-37(11-12-40-3)16-23(26)20-9-10-24(30)25(31)13-20/h4-10,13-15,23,26H,11-12,16-17H2,1-3H3,(H2,34,35,39). The maximum absolute atomic E-state index is 14.1. The molecule has 1 aliphatic heterocycles. The Balaban J connectivity index is 1.42. The molecule has 3 heterocycles. The SMILES string of the molecule is COCCN1CC(NC(=O)Nc2c(C)c(-c3cnc(C)nc3)nn2-c2ccccc2)C(c2ccc(F)c(F)c2)C1. The molecule has 1 fully saturated rings. The van der Waals surface area contributed by atoms with Crippen molar-refractivity contribution < 1.29 is 18.3 Å². The molecule has 2 N–H and O–H groups in total. The number of carbonyl (C=O) groups excluding carboxylic acids is 1. The average molecular weight is 548 g/mol. The molecule has 2 amide bonds. The van der Waals surface area contributed by atoms with E-state index in [0.29, 0.717) is 49.1 Å². The molecule has 208 valence electrons. The van der Waals surface area contributed by atoms with Crippen LogP contribution in [0.4, 0.5) is 19.4 Å². The zero-order valence-electron chi connectivity index (χ0n) is 22.6. The minimum absolute atomic E-state index is 0.238. The fourth-order valence-electron chi connectivity index (χ4n) is 5.02. The Bertz CT molecular complexity index is 1480. The number of anilines is 1. The van der Waals surface area contributed by atoms with E-state index in [1.54, 1.807) is 30.3 Å². The zero-order chi connectivity index (χ0) is 28.2. The van der Waals surface area contributed by atoms with Gasteiger partial charge in [-0.2, -0.15) is 5.10 Å². The van der Waals surface area contributed by atoms with Crippen LogP contribution in [0.2, 0.25) is 0 Å². The lowest BCUT2D eigenvalue weighted by Crippen LogP contribution is -2.42. The molecule has 0 spiro atoms. The van der Waals surface area contributed by atoms with Crippen molar-refractivity contribution in [1.29, 1.82) is 0 Å². The molecule has 0 radical (unpaired) electrons. The molecule has 0 aliphatic carbocycles. The number of aromatic nitrogens is 4. The Morgan fingerprint density at radius 3 is 2.50 bits per heavy atom. The number of methoxy groups -OCH3 is 1. The highest BCUT2D eigenvalue weighted by atomic mass is 19.2. The van der Waals surface area contributed by atoms with E-state index in [-0.39, 0.29) is 12.0 Å².